The van der Waals surface area contributed by atoms with Crippen LogP contribution in [0.4, 0.5) is 0 Å². The highest BCUT2D eigenvalue weighted by atomic mass is 31.2. The van der Waals surface area contributed by atoms with Gasteiger partial charge in [-0.05, 0) is 0 Å². The lowest BCUT2D eigenvalue weighted by Gasteiger charge is -2.38. The maximum absolute atomic E-state index is 10.8. The number of hydrogen-bond acceptors (Lipinski definition) is 7. The molecule has 96 valence electrons. The summed E-state index contributed by atoms with van der Waals surface area (Å²) in [6.45, 7) is 0.468. The van der Waals surface area contributed by atoms with Gasteiger partial charge in [0.2, 0.25) is 0 Å². The highest BCUT2D eigenvalue weighted by molar-refractivity contribution is 7.51. The Morgan fingerprint density at radius 3 is 2.25 bits per heavy atom. The molecule has 0 spiro atoms. The van der Waals surface area contributed by atoms with Crippen molar-refractivity contribution in [1.29, 1.82) is 0 Å². The molecular formula is C7H15O8P. The van der Waals surface area contributed by atoms with Gasteiger partial charge in [0.05, 0.1) is 6.61 Å². The average Bonchev–Trinajstić information content (AvgIpc) is 2.17. The van der Waals surface area contributed by atoms with Crippen LogP contribution in [0.1, 0.15) is 0 Å². The van der Waals surface area contributed by atoms with Crippen LogP contribution in [-0.4, -0.2) is 69.3 Å². The molecule has 1 unspecified atom stereocenters. The Hall–Kier alpha value is -0.0500. The van der Waals surface area contributed by atoms with Crippen LogP contribution < -0.4 is 0 Å². The Morgan fingerprint density at radius 1 is 1.19 bits per heavy atom. The van der Waals surface area contributed by atoms with Gasteiger partial charge in [-0.2, -0.15) is 0 Å². The molecule has 0 saturated carbocycles. The van der Waals surface area contributed by atoms with Gasteiger partial charge >= 0.3 is 7.60 Å². The summed E-state index contributed by atoms with van der Waals surface area (Å²) in [6.07, 6.45) is -7.61. The van der Waals surface area contributed by atoms with Crippen LogP contribution in [0.3, 0.4) is 0 Å². The zero-order chi connectivity index (χ0) is 12.5. The summed E-state index contributed by atoms with van der Waals surface area (Å²) >= 11 is 0. The van der Waals surface area contributed by atoms with Gasteiger partial charge in [0, 0.05) is 6.66 Å². The number of ether oxygens (including phenoxy) is 1. The van der Waals surface area contributed by atoms with Crippen molar-refractivity contribution in [3.63, 3.8) is 0 Å². The molecule has 1 aliphatic heterocycles. The van der Waals surface area contributed by atoms with Crippen molar-refractivity contribution in [3.05, 3.63) is 0 Å². The first-order valence-corrected chi connectivity index (χ1v) is 6.57. The van der Waals surface area contributed by atoms with Gasteiger partial charge < -0.3 is 34.6 Å². The smallest absolute Gasteiger partial charge is 0.325 e. The topological polar surface area (TPSA) is 137 Å². The highest BCUT2D eigenvalue weighted by Gasteiger charge is 2.43. The SMILES string of the molecule is CP(=O)(O)OC[C@H]1O[C@H](O)[C@H](O)[C@@H](O)[C@@H]1O. The van der Waals surface area contributed by atoms with Gasteiger partial charge in [0.15, 0.2) is 6.29 Å². The summed E-state index contributed by atoms with van der Waals surface area (Å²) in [7, 11) is -3.73. The van der Waals surface area contributed by atoms with Crippen LogP contribution in [0.15, 0.2) is 0 Å². The van der Waals surface area contributed by atoms with Crippen LogP contribution in [0.25, 0.3) is 0 Å². The molecule has 0 bridgehead atoms. The Bertz CT molecular complexity index is 278. The van der Waals surface area contributed by atoms with E-state index in [9.17, 15) is 14.8 Å². The largest absolute Gasteiger partial charge is 0.387 e. The van der Waals surface area contributed by atoms with Crippen LogP contribution in [-0.2, 0) is 13.8 Å². The molecule has 1 aliphatic rings. The fraction of sp³-hybridized carbons (Fsp3) is 1.00. The summed E-state index contributed by atoms with van der Waals surface area (Å²) in [5.41, 5.74) is 0. The quantitative estimate of drug-likeness (QED) is 0.354. The molecule has 0 aromatic carbocycles. The van der Waals surface area contributed by atoms with E-state index in [4.69, 9.17) is 19.8 Å². The number of aliphatic hydroxyl groups is 4. The van der Waals surface area contributed by atoms with E-state index < -0.39 is 44.9 Å². The van der Waals surface area contributed by atoms with Gasteiger partial charge in [-0.3, -0.25) is 4.57 Å². The monoisotopic (exact) mass is 258 g/mol. The second-order valence-electron chi connectivity index (χ2n) is 3.64. The van der Waals surface area contributed by atoms with Crippen LogP contribution >= 0.6 is 7.60 Å². The molecule has 0 amide bonds. The van der Waals surface area contributed by atoms with Crippen molar-refractivity contribution in [2.45, 2.75) is 30.7 Å². The first kappa shape index (κ1) is 14.0. The summed E-state index contributed by atoms with van der Waals surface area (Å²) in [5, 5.41) is 37.0. The Balaban J connectivity index is 2.57. The van der Waals surface area contributed by atoms with Crippen molar-refractivity contribution in [2.75, 3.05) is 13.3 Å². The zero-order valence-corrected chi connectivity index (χ0v) is 9.40. The Kier molecular flexibility index (Phi) is 4.44. The minimum Gasteiger partial charge on any atom is -0.387 e. The van der Waals surface area contributed by atoms with Crippen molar-refractivity contribution >= 4 is 7.60 Å². The molecule has 8 nitrogen and oxygen atoms in total. The van der Waals surface area contributed by atoms with Crippen molar-refractivity contribution in [3.8, 4) is 0 Å². The van der Waals surface area contributed by atoms with E-state index in [2.05, 4.69) is 4.52 Å². The minimum absolute atomic E-state index is 0.480. The second kappa shape index (κ2) is 5.07. The summed E-state index contributed by atoms with van der Waals surface area (Å²) in [5.74, 6) is 0. The predicted octanol–water partition coefficient (Wildman–Crippen LogP) is -2.38. The molecule has 1 rings (SSSR count). The molecular weight excluding hydrogens is 243 g/mol. The van der Waals surface area contributed by atoms with E-state index in [0.717, 1.165) is 6.66 Å². The summed E-state index contributed by atoms with van der Waals surface area (Å²) in [4.78, 5) is 8.84. The van der Waals surface area contributed by atoms with E-state index in [0.29, 0.717) is 0 Å². The normalized spacial score (nSPS) is 44.0. The van der Waals surface area contributed by atoms with Crippen molar-refractivity contribution < 1.29 is 39.1 Å². The van der Waals surface area contributed by atoms with E-state index in [1.807, 2.05) is 0 Å². The molecule has 16 heavy (non-hydrogen) atoms. The Morgan fingerprint density at radius 2 is 1.75 bits per heavy atom. The molecule has 6 atom stereocenters. The van der Waals surface area contributed by atoms with Crippen LogP contribution in [0, 0.1) is 0 Å². The highest BCUT2D eigenvalue weighted by Crippen LogP contribution is 2.37. The van der Waals surface area contributed by atoms with Gasteiger partial charge in [-0.1, -0.05) is 0 Å². The number of hydrogen-bond donors (Lipinski definition) is 5. The summed E-state index contributed by atoms with van der Waals surface area (Å²) < 4.78 is 20.0. The third kappa shape index (κ3) is 3.47. The lowest BCUT2D eigenvalue weighted by atomic mass is 10.00. The van der Waals surface area contributed by atoms with Crippen molar-refractivity contribution in [1.82, 2.24) is 0 Å². The fourth-order valence-electron chi connectivity index (χ4n) is 1.28. The first-order valence-electron chi connectivity index (χ1n) is 4.55. The van der Waals surface area contributed by atoms with Crippen LogP contribution in [0.5, 0.6) is 0 Å². The number of aliphatic hydroxyl groups excluding tert-OH is 4. The molecule has 0 aromatic rings. The van der Waals surface area contributed by atoms with E-state index in [1.165, 1.54) is 0 Å². The van der Waals surface area contributed by atoms with Crippen LogP contribution in [0.2, 0.25) is 0 Å². The molecule has 1 fully saturated rings. The first-order chi connectivity index (χ1) is 7.22. The minimum atomic E-state index is -3.73. The van der Waals surface area contributed by atoms with Gasteiger partial charge in [-0.15, -0.1) is 0 Å². The molecule has 0 radical (unpaired) electrons. The standard InChI is InChI=1S/C7H15O8P/c1-16(12,13)14-2-3-4(8)5(9)6(10)7(11)15-3/h3-11H,2H2,1H3,(H,12,13)/t3-,4-,5+,6-,7+/m1/s1. The van der Waals surface area contributed by atoms with Gasteiger partial charge in [-0.25, -0.2) is 0 Å². The lowest BCUT2D eigenvalue weighted by Crippen LogP contribution is -2.58. The van der Waals surface area contributed by atoms with Crippen molar-refractivity contribution in [2.24, 2.45) is 0 Å². The zero-order valence-electron chi connectivity index (χ0n) is 8.50. The fourth-order valence-corrected chi connectivity index (χ4v) is 1.70. The molecule has 1 saturated heterocycles. The van der Waals surface area contributed by atoms with E-state index in [1.54, 1.807) is 0 Å². The Labute approximate surface area is 91.6 Å². The van der Waals surface area contributed by atoms with E-state index >= 15 is 0 Å². The van der Waals surface area contributed by atoms with Gasteiger partial charge in [0.25, 0.3) is 0 Å². The number of rotatable bonds is 3. The maximum atomic E-state index is 10.8. The molecule has 0 aromatic heterocycles. The summed E-state index contributed by atoms with van der Waals surface area (Å²) in [6, 6.07) is 0. The third-order valence-electron chi connectivity index (χ3n) is 2.17. The molecule has 9 heteroatoms. The molecule has 0 aliphatic carbocycles. The predicted molar refractivity (Wildman–Crippen MR) is 50.6 cm³/mol. The lowest BCUT2D eigenvalue weighted by molar-refractivity contribution is -0.285. The van der Waals surface area contributed by atoms with Gasteiger partial charge in [0.1, 0.15) is 24.4 Å². The third-order valence-corrected chi connectivity index (χ3v) is 2.79. The van der Waals surface area contributed by atoms with E-state index in [-0.39, 0.29) is 0 Å². The second-order valence-corrected chi connectivity index (χ2v) is 5.50. The molecule has 1 heterocycles. The average molecular weight is 258 g/mol. The maximum Gasteiger partial charge on any atom is 0.325 e. The molecule has 5 N–H and O–H groups in total.